The first kappa shape index (κ1) is 19.8. The lowest BCUT2D eigenvalue weighted by atomic mass is 10.2. The average Bonchev–Trinajstić information content (AvgIpc) is 2.63. The molecule has 1 fully saturated rings. The highest BCUT2D eigenvalue weighted by atomic mass is 16.5. The van der Waals surface area contributed by atoms with Crippen molar-refractivity contribution in [1.82, 2.24) is 4.90 Å². The molecule has 1 aliphatic heterocycles. The number of morpholine rings is 1. The van der Waals surface area contributed by atoms with Crippen LogP contribution in [0.2, 0.25) is 0 Å². The van der Waals surface area contributed by atoms with E-state index in [2.05, 4.69) is 0 Å². The second-order valence-electron chi connectivity index (χ2n) is 6.14. The number of rotatable bonds is 6. The zero-order chi connectivity index (χ0) is 19.1. The van der Waals surface area contributed by atoms with Gasteiger partial charge in [0.05, 0.1) is 26.4 Å². The number of amides is 1. The molecule has 1 aliphatic rings. The number of nitrogens with zero attached hydrogens (tertiary/aromatic N) is 1. The molecule has 142 valence electrons. The normalized spacial score (nSPS) is 20.1. The zero-order valence-electron chi connectivity index (χ0n) is 15.6. The van der Waals surface area contributed by atoms with Gasteiger partial charge in [0, 0.05) is 25.2 Å². The Morgan fingerprint density at radius 2 is 1.69 bits per heavy atom. The maximum atomic E-state index is 12.2. The molecule has 0 unspecified atom stereocenters. The quantitative estimate of drug-likeness (QED) is 0.568. The summed E-state index contributed by atoms with van der Waals surface area (Å²) in [4.78, 5) is 25.7. The molecule has 2 rings (SSSR count). The predicted molar refractivity (Wildman–Crippen MR) is 96.1 cm³/mol. The summed E-state index contributed by atoms with van der Waals surface area (Å²) in [6.07, 6.45) is 2.80. The van der Waals surface area contributed by atoms with Crippen LogP contribution in [0.25, 0.3) is 6.08 Å². The first-order valence-corrected chi connectivity index (χ1v) is 8.42. The van der Waals surface area contributed by atoms with Crippen molar-refractivity contribution in [2.24, 2.45) is 0 Å². The molecular weight excluding hydrogens is 338 g/mol. The lowest BCUT2D eigenvalue weighted by Crippen LogP contribution is -2.49. The Bertz CT molecular complexity index is 640. The third-order valence-corrected chi connectivity index (χ3v) is 3.90. The van der Waals surface area contributed by atoms with E-state index >= 15 is 0 Å². The summed E-state index contributed by atoms with van der Waals surface area (Å²) < 4.78 is 21.0. The highest BCUT2D eigenvalue weighted by Gasteiger charge is 2.26. The number of esters is 1. The lowest BCUT2D eigenvalue weighted by Gasteiger charge is -2.35. The fourth-order valence-corrected chi connectivity index (χ4v) is 2.74. The van der Waals surface area contributed by atoms with E-state index in [-0.39, 0.29) is 24.7 Å². The van der Waals surface area contributed by atoms with Gasteiger partial charge in [-0.15, -0.1) is 0 Å². The van der Waals surface area contributed by atoms with Gasteiger partial charge in [-0.1, -0.05) is 0 Å². The molecule has 7 nitrogen and oxygen atoms in total. The first-order chi connectivity index (χ1) is 12.4. The van der Waals surface area contributed by atoms with Gasteiger partial charge < -0.3 is 23.8 Å². The Morgan fingerprint density at radius 1 is 1.12 bits per heavy atom. The largest absolute Gasteiger partial charge is 0.497 e. The molecule has 0 aliphatic carbocycles. The number of ether oxygens (including phenoxy) is 4. The van der Waals surface area contributed by atoms with E-state index in [1.54, 1.807) is 43.4 Å². The van der Waals surface area contributed by atoms with Crippen LogP contribution in [0, 0.1) is 0 Å². The van der Waals surface area contributed by atoms with Gasteiger partial charge in [-0.05, 0) is 37.6 Å². The molecule has 0 bridgehead atoms. The molecule has 1 amide bonds. The van der Waals surface area contributed by atoms with Crippen molar-refractivity contribution in [3.05, 3.63) is 29.8 Å². The van der Waals surface area contributed by atoms with Gasteiger partial charge in [-0.2, -0.15) is 0 Å². The van der Waals surface area contributed by atoms with Crippen LogP contribution in [0.15, 0.2) is 24.3 Å². The number of benzene rings is 1. The first-order valence-electron chi connectivity index (χ1n) is 8.42. The minimum atomic E-state index is -0.588. The summed E-state index contributed by atoms with van der Waals surface area (Å²) in [5, 5.41) is 0. The second-order valence-corrected chi connectivity index (χ2v) is 6.14. The minimum Gasteiger partial charge on any atom is -0.497 e. The van der Waals surface area contributed by atoms with Gasteiger partial charge in [0.15, 0.2) is 6.61 Å². The van der Waals surface area contributed by atoms with Crippen LogP contribution in [0.5, 0.6) is 11.5 Å². The van der Waals surface area contributed by atoms with E-state index in [9.17, 15) is 9.59 Å². The number of hydrogen-bond donors (Lipinski definition) is 0. The van der Waals surface area contributed by atoms with Crippen molar-refractivity contribution in [1.29, 1.82) is 0 Å². The van der Waals surface area contributed by atoms with Crippen molar-refractivity contribution >= 4 is 18.0 Å². The molecular formula is C19H25NO6. The van der Waals surface area contributed by atoms with Crippen LogP contribution in [0.1, 0.15) is 19.4 Å². The fraction of sp³-hybridized carbons (Fsp3) is 0.474. The van der Waals surface area contributed by atoms with Gasteiger partial charge in [0.25, 0.3) is 5.91 Å². The van der Waals surface area contributed by atoms with E-state index in [0.29, 0.717) is 24.6 Å². The van der Waals surface area contributed by atoms with E-state index < -0.39 is 5.97 Å². The van der Waals surface area contributed by atoms with Crippen molar-refractivity contribution in [2.75, 3.05) is 33.9 Å². The topological polar surface area (TPSA) is 74.3 Å². The Hall–Kier alpha value is -2.54. The SMILES string of the molecule is COc1cc(/C=C/C(=O)OCC(=O)N2C[C@@H](C)O[C@H](C)C2)cc(OC)c1. The van der Waals surface area contributed by atoms with Crippen LogP contribution < -0.4 is 9.47 Å². The average molecular weight is 363 g/mol. The third-order valence-electron chi connectivity index (χ3n) is 3.90. The minimum absolute atomic E-state index is 0.0265. The Morgan fingerprint density at radius 3 is 2.23 bits per heavy atom. The Kier molecular flexibility index (Phi) is 7.03. The summed E-state index contributed by atoms with van der Waals surface area (Å²) in [6, 6.07) is 5.25. The monoisotopic (exact) mass is 363 g/mol. The second kappa shape index (κ2) is 9.24. The molecule has 0 spiro atoms. The van der Waals surface area contributed by atoms with Crippen LogP contribution in [0.4, 0.5) is 0 Å². The predicted octanol–water partition coefficient (Wildman–Crippen LogP) is 1.90. The van der Waals surface area contributed by atoms with Crippen LogP contribution >= 0.6 is 0 Å². The molecule has 1 aromatic rings. The van der Waals surface area contributed by atoms with E-state index in [0.717, 1.165) is 5.56 Å². The fourth-order valence-electron chi connectivity index (χ4n) is 2.74. The van der Waals surface area contributed by atoms with E-state index in [1.165, 1.54) is 6.08 Å². The van der Waals surface area contributed by atoms with E-state index in [4.69, 9.17) is 18.9 Å². The van der Waals surface area contributed by atoms with Crippen molar-refractivity contribution in [3.63, 3.8) is 0 Å². The highest BCUT2D eigenvalue weighted by molar-refractivity contribution is 5.89. The summed E-state index contributed by atoms with van der Waals surface area (Å²) in [5.41, 5.74) is 0.723. The maximum Gasteiger partial charge on any atom is 0.331 e. The number of carbonyl (C=O) groups is 2. The molecule has 1 heterocycles. The molecule has 0 saturated carbocycles. The van der Waals surface area contributed by atoms with Crippen molar-refractivity contribution < 1.29 is 28.5 Å². The molecule has 1 saturated heterocycles. The molecule has 0 aromatic heterocycles. The van der Waals surface area contributed by atoms with Crippen LogP contribution in [-0.4, -0.2) is 62.9 Å². The molecule has 0 N–H and O–H groups in total. The summed E-state index contributed by atoms with van der Waals surface area (Å²) >= 11 is 0. The van der Waals surface area contributed by atoms with Crippen LogP contribution in [0.3, 0.4) is 0 Å². The van der Waals surface area contributed by atoms with Crippen molar-refractivity contribution in [3.8, 4) is 11.5 Å². The Balaban J connectivity index is 1.88. The molecule has 2 atom stereocenters. The van der Waals surface area contributed by atoms with E-state index in [1.807, 2.05) is 13.8 Å². The molecule has 26 heavy (non-hydrogen) atoms. The Labute approximate surface area is 153 Å². The van der Waals surface area contributed by atoms with Gasteiger partial charge >= 0.3 is 5.97 Å². The lowest BCUT2D eigenvalue weighted by molar-refractivity contribution is -0.154. The summed E-state index contributed by atoms with van der Waals surface area (Å²) in [5.74, 6) is 0.414. The zero-order valence-corrected chi connectivity index (χ0v) is 15.6. The number of methoxy groups -OCH3 is 2. The highest BCUT2D eigenvalue weighted by Crippen LogP contribution is 2.23. The standard InChI is InChI=1S/C19H25NO6/c1-13-10-20(11-14(2)26-13)18(21)12-25-19(22)6-5-15-7-16(23-3)9-17(8-15)24-4/h5-9,13-14H,10-12H2,1-4H3/b6-5+/t13-,14-/m1/s1. The van der Waals surface area contributed by atoms with Gasteiger partial charge in [0.1, 0.15) is 11.5 Å². The summed E-state index contributed by atoms with van der Waals surface area (Å²) in [7, 11) is 3.10. The van der Waals surface area contributed by atoms with Crippen molar-refractivity contribution in [2.45, 2.75) is 26.1 Å². The molecule has 0 radical (unpaired) electrons. The van der Waals surface area contributed by atoms with Gasteiger partial charge in [-0.3, -0.25) is 4.79 Å². The smallest absolute Gasteiger partial charge is 0.331 e. The summed E-state index contributed by atoms with van der Waals surface area (Å²) in [6.45, 7) is 4.53. The third kappa shape index (κ3) is 5.77. The van der Waals surface area contributed by atoms with Gasteiger partial charge in [0.2, 0.25) is 0 Å². The molecule has 7 heteroatoms. The number of carbonyl (C=O) groups excluding carboxylic acids is 2. The maximum absolute atomic E-state index is 12.2. The van der Waals surface area contributed by atoms with Gasteiger partial charge in [-0.25, -0.2) is 4.79 Å². The number of hydrogen-bond acceptors (Lipinski definition) is 6. The van der Waals surface area contributed by atoms with Crippen LogP contribution in [-0.2, 0) is 19.1 Å². The molecule has 1 aromatic carbocycles.